The van der Waals surface area contributed by atoms with E-state index < -0.39 is 145 Å². The molecule has 4 aliphatic rings. The smallest absolute Gasteiger partial charge is 0.165 e. The topological polar surface area (TPSA) is 361 Å². The molecule has 16 N–H and O–H groups in total. The predicted octanol–water partition coefficient (Wildman–Crippen LogP) is -8.77. The van der Waals surface area contributed by atoms with Crippen molar-refractivity contribution in [3.8, 4) is 0 Å². The molecule has 22 heteroatoms. The molecule has 1 aromatic carbocycles. The van der Waals surface area contributed by atoms with Crippen LogP contribution in [0.3, 0.4) is 0 Å². The zero-order valence-corrected chi connectivity index (χ0v) is 29.0. The molecule has 4 saturated heterocycles. The highest BCUT2D eigenvalue weighted by Gasteiger charge is 2.74. The number of aliphatic hydroxyl groups excluding tert-OH is 12. The van der Waals surface area contributed by atoms with Gasteiger partial charge in [0.25, 0.3) is 0 Å². The van der Waals surface area contributed by atoms with Gasteiger partial charge in [0.2, 0.25) is 0 Å². The van der Waals surface area contributed by atoms with Crippen LogP contribution >= 0.6 is 25.3 Å². The van der Waals surface area contributed by atoms with Gasteiger partial charge in [0.15, 0.2) is 32.3 Å². The van der Waals surface area contributed by atoms with E-state index in [1.54, 1.807) is 0 Å². The van der Waals surface area contributed by atoms with E-state index in [1.807, 2.05) is 0 Å². The van der Waals surface area contributed by atoms with Gasteiger partial charge in [-0.15, -0.1) is 25.3 Å². The Morgan fingerprint density at radius 1 is 0.538 bits per heavy atom. The molecule has 0 aromatic heterocycles. The fraction of sp³-hybridized carbons (Fsp3) is 0.800. The van der Waals surface area contributed by atoms with Crippen molar-refractivity contribution in [3.05, 3.63) is 35.4 Å². The summed E-state index contributed by atoms with van der Waals surface area (Å²) < 4.78 is 22.0. The quantitative estimate of drug-likeness (QED) is 0.109. The summed E-state index contributed by atoms with van der Waals surface area (Å²) in [7, 11) is 0. The Balaban J connectivity index is 1.50. The number of aliphatic hydroxyl groups is 16. The average molecular weight is 791 g/mol. The van der Waals surface area contributed by atoms with E-state index in [-0.39, 0.29) is 11.1 Å². The first-order valence-corrected chi connectivity index (χ1v) is 17.0. The maximum absolute atomic E-state index is 11.7. The van der Waals surface area contributed by atoms with Crippen LogP contribution in [0.5, 0.6) is 0 Å². The van der Waals surface area contributed by atoms with Crippen molar-refractivity contribution in [2.24, 2.45) is 0 Å². The van der Waals surface area contributed by atoms with Gasteiger partial charge in [0, 0.05) is 0 Å². The summed E-state index contributed by atoms with van der Waals surface area (Å²) in [6.45, 7) is -6.07. The van der Waals surface area contributed by atoms with Crippen LogP contribution in [0.1, 0.15) is 11.1 Å². The molecule has 4 aliphatic heterocycles. The first kappa shape index (κ1) is 42.3. The highest BCUT2D eigenvalue weighted by atomic mass is 32.1. The van der Waals surface area contributed by atoms with E-state index in [2.05, 4.69) is 25.3 Å². The van der Waals surface area contributed by atoms with Gasteiger partial charge < -0.3 is 101 Å². The van der Waals surface area contributed by atoms with E-state index in [0.29, 0.717) is 0 Å². The van der Waals surface area contributed by atoms with Crippen molar-refractivity contribution in [1.82, 2.24) is 0 Å². The Morgan fingerprint density at radius 3 is 1.19 bits per heavy atom. The Bertz CT molecular complexity index is 1330. The summed E-state index contributed by atoms with van der Waals surface area (Å²) in [5.74, 6) is 0. The van der Waals surface area contributed by atoms with Gasteiger partial charge in [-0.05, 0) is 17.2 Å². The fourth-order valence-corrected chi connectivity index (χ4v) is 8.56. The van der Waals surface area contributed by atoms with Crippen molar-refractivity contribution in [3.63, 3.8) is 0 Å². The number of ether oxygens (including phenoxy) is 4. The summed E-state index contributed by atoms with van der Waals surface area (Å²) >= 11 is 8.83. The predicted molar refractivity (Wildman–Crippen MR) is 173 cm³/mol. The number of hydrogen-bond acceptors (Lipinski definition) is 22. The summed E-state index contributed by atoms with van der Waals surface area (Å²) in [4.78, 5) is -4.87. The second-order valence-electron chi connectivity index (χ2n) is 13.8. The molecule has 4 fully saturated rings. The Kier molecular flexibility index (Phi) is 11.8. The Morgan fingerprint density at radius 2 is 0.885 bits per heavy atom. The van der Waals surface area contributed by atoms with Gasteiger partial charge in [-0.25, -0.2) is 0 Å². The van der Waals surface area contributed by atoms with Crippen LogP contribution in [0, 0.1) is 0 Å². The van der Waals surface area contributed by atoms with E-state index in [4.69, 9.17) is 18.9 Å². The Labute approximate surface area is 306 Å². The number of thiol groups is 2. The van der Waals surface area contributed by atoms with Crippen molar-refractivity contribution in [1.29, 1.82) is 0 Å². The molecule has 52 heavy (non-hydrogen) atoms. The van der Waals surface area contributed by atoms with Crippen molar-refractivity contribution >= 4 is 25.3 Å². The highest BCUT2D eigenvalue weighted by molar-refractivity contribution is 7.81. The zero-order valence-electron chi connectivity index (χ0n) is 27.2. The first-order chi connectivity index (χ1) is 24.1. The molecule has 0 unspecified atom stereocenters. The zero-order chi connectivity index (χ0) is 39.0. The van der Waals surface area contributed by atoms with E-state index >= 15 is 0 Å². The lowest BCUT2D eigenvalue weighted by Crippen LogP contribution is -2.83. The third-order valence-corrected chi connectivity index (χ3v) is 12.4. The maximum Gasteiger partial charge on any atom is 0.165 e. The van der Waals surface area contributed by atoms with Crippen LogP contribution in [0.2, 0.25) is 0 Å². The van der Waals surface area contributed by atoms with E-state index in [1.165, 1.54) is 18.2 Å². The van der Waals surface area contributed by atoms with Crippen molar-refractivity contribution in [2.45, 2.75) is 106 Å². The Hall–Kier alpha value is -0.880. The third kappa shape index (κ3) is 5.71. The molecule has 1 aromatic rings. The van der Waals surface area contributed by atoms with Gasteiger partial charge >= 0.3 is 0 Å². The summed E-state index contributed by atoms with van der Waals surface area (Å²) in [5, 5.41) is 174. The van der Waals surface area contributed by atoms with E-state index in [0.717, 1.165) is 6.07 Å². The lowest BCUT2D eigenvalue weighted by atomic mass is 9.65. The molecule has 0 bridgehead atoms. The SMILES string of the molecule is OC[C@H]1OC[C@](O)([C@]2(O)[C@H](O)[C@@H](O)[C@](S)(c3cccc([C@]4(S)O[C@H](CO)[C@](O)([C@@]5(O)CO[C@H](CO)[C@@H](O)[C@@H]5O)[C@H](O)[C@H]4O)c3)O[C@@H]2CO)[C@@H](O)[C@@H]1O. The van der Waals surface area contributed by atoms with Crippen LogP contribution in [-0.4, -0.2) is 217 Å². The van der Waals surface area contributed by atoms with E-state index in [9.17, 15) is 81.7 Å². The molecule has 0 saturated carbocycles. The molecule has 0 radical (unpaired) electrons. The number of rotatable bonds is 8. The number of hydrogen-bond donors (Lipinski definition) is 18. The molecule has 0 amide bonds. The maximum atomic E-state index is 11.7. The molecule has 18 atom stereocenters. The molecule has 0 spiro atoms. The molecule has 298 valence electrons. The second-order valence-corrected chi connectivity index (χ2v) is 15.1. The minimum Gasteiger partial charge on any atom is -0.394 e. The van der Waals surface area contributed by atoms with Crippen molar-refractivity contribution < 1.29 is 101 Å². The molecule has 5 rings (SSSR count). The summed E-state index contributed by atoms with van der Waals surface area (Å²) in [6, 6.07) is 4.84. The van der Waals surface area contributed by atoms with Crippen LogP contribution in [0.15, 0.2) is 24.3 Å². The second kappa shape index (κ2) is 14.6. The van der Waals surface area contributed by atoms with Crippen LogP contribution < -0.4 is 0 Å². The van der Waals surface area contributed by atoms with Crippen LogP contribution in [0.4, 0.5) is 0 Å². The van der Waals surface area contributed by atoms with Crippen LogP contribution in [0.25, 0.3) is 0 Å². The molecule has 4 heterocycles. The fourth-order valence-electron chi connectivity index (χ4n) is 7.74. The molecular formula is C30H46O20S2. The molecule has 0 aliphatic carbocycles. The van der Waals surface area contributed by atoms with Gasteiger partial charge in [-0.3, -0.25) is 0 Å². The monoisotopic (exact) mass is 790 g/mol. The van der Waals surface area contributed by atoms with Crippen LogP contribution in [-0.2, 0) is 28.8 Å². The third-order valence-electron chi connectivity index (χ3n) is 11.1. The highest BCUT2D eigenvalue weighted by Crippen LogP contribution is 2.53. The molecular weight excluding hydrogens is 744 g/mol. The average Bonchev–Trinajstić information content (AvgIpc) is 3.14. The molecule has 20 nitrogen and oxygen atoms in total. The lowest BCUT2D eigenvalue weighted by Gasteiger charge is -2.60. The van der Waals surface area contributed by atoms with Gasteiger partial charge in [-0.2, -0.15) is 0 Å². The standard InChI is InChI=1S/C30H46O20S2/c31-5-13-17(35)19(37)25(43,9-47-13)27(45)15(7-33)49-29(51,23(41)21(27)39)11-2-1-3-12(4-11)30(52)24(42)22(40)28(46,16(8-34)50-30)26(44)10-48-14(6-32)18(36)20(26)38/h1-4,13-24,31-46,51-52H,5-10H2/t13-,14-,15-,16-,17-,18-,19+,20+,21-,22-,23-,24-,25-,26-,27-,28-,29-,30-/m1/s1. The number of benzene rings is 1. The summed E-state index contributed by atoms with van der Waals surface area (Å²) in [5.41, 5.74) is -12.9. The van der Waals surface area contributed by atoms with Gasteiger partial charge in [0.05, 0.1) is 39.6 Å². The lowest BCUT2D eigenvalue weighted by molar-refractivity contribution is -0.375. The largest absolute Gasteiger partial charge is 0.394 e. The minimum atomic E-state index is -3.18. The normalized spacial score (nSPS) is 53.1. The van der Waals surface area contributed by atoms with Gasteiger partial charge in [0.1, 0.15) is 73.2 Å². The summed E-state index contributed by atoms with van der Waals surface area (Å²) in [6.07, 6.45) is -25.5. The van der Waals surface area contributed by atoms with Crippen molar-refractivity contribution in [2.75, 3.05) is 39.6 Å². The van der Waals surface area contributed by atoms with Gasteiger partial charge in [-0.1, -0.05) is 18.2 Å². The first-order valence-electron chi connectivity index (χ1n) is 16.1. The minimum absolute atomic E-state index is 0.221.